The normalized spacial score (nSPS) is 17.9. The first-order valence-electron chi connectivity index (χ1n) is 8.31. The minimum Gasteiger partial charge on any atom is -0.337 e. The molecule has 1 saturated heterocycles. The van der Waals surface area contributed by atoms with E-state index in [9.17, 15) is 9.59 Å². The van der Waals surface area contributed by atoms with E-state index in [-0.39, 0.29) is 17.4 Å². The highest BCUT2D eigenvalue weighted by Crippen LogP contribution is 2.25. The molecule has 8 nitrogen and oxygen atoms in total. The molecule has 24 heavy (non-hydrogen) atoms. The van der Waals surface area contributed by atoms with E-state index in [0.717, 1.165) is 25.1 Å². The van der Waals surface area contributed by atoms with Crippen LogP contribution in [0.15, 0.2) is 23.3 Å². The van der Waals surface area contributed by atoms with Gasteiger partial charge in [0, 0.05) is 38.7 Å². The molecule has 2 aromatic heterocycles. The molecule has 1 aliphatic heterocycles. The van der Waals surface area contributed by atoms with Gasteiger partial charge in [-0.2, -0.15) is 5.10 Å². The molecule has 0 radical (unpaired) electrons. The van der Waals surface area contributed by atoms with Gasteiger partial charge < -0.3 is 9.47 Å². The van der Waals surface area contributed by atoms with Crippen molar-refractivity contribution in [1.29, 1.82) is 0 Å². The van der Waals surface area contributed by atoms with Crippen LogP contribution < -0.4 is 5.56 Å². The highest BCUT2D eigenvalue weighted by Gasteiger charge is 2.28. The molecule has 0 aliphatic carbocycles. The van der Waals surface area contributed by atoms with Crippen LogP contribution in [0.4, 0.5) is 0 Å². The van der Waals surface area contributed by atoms with Crippen LogP contribution in [-0.2, 0) is 13.6 Å². The SMILES string of the molecule is CCCn1nc(C(=O)N2CCCC(c3nncn3C)C2)ccc1=O. The zero-order chi connectivity index (χ0) is 17.1. The predicted octanol–water partition coefficient (Wildman–Crippen LogP) is 0.802. The number of likely N-dealkylation sites (tertiary alicyclic amines) is 1. The lowest BCUT2D eigenvalue weighted by molar-refractivity contribution is 0.0694. The molecular formula is C16H22N6O2. The predicted molar refractivity (Wildman–Crippen MR) is 87.7 cm³/mol. The second kappa shape index (κ2) is 6.94. The lowest BCUT2D eigenvalue weighted by Gasteiger charge is -2.32. The maximum absolute atomic E-state index is 12.8. The summed E-state index contributed by atoms with van der Waals surface area (Å²) in [5, 5.41) is 12.3. The van der Waals surface area contributed by atoms with Crippen LogP contribution in [0.5, 0.6) is 0 Å². The summed E-state index contributed by atoms with van der Waals surface area (Å²) in [5.41, 5.74) is 0.144. The Bertz CT molecular complexity index is 781. The number of nitrogens with zero attached hydrogens (tertiary/aromatic N) is 6. The van der Waals surface area contributed by atoms with Crippen molar-refractivity contribution in [3.63, 3.8) is 0 Å². The Morgan fingerprint density at radius 1 is 1.38 bits per heavy atom. The number of aromatic nitrogens is 5. The van der Waals surface area contributed by atoms with Crippen molar-refractivity contribution in [3.05, 3.63) is 40.3 Å². The van der Waals surface area contributed by atoms with Crippen molar-refractivity contribution in [2.75, 3.05) is 13.1 Å². The summed E-state index contributed by atoms with van der Waals surface area (Å²) in [6, 6.07) is 2.93. The summed E-state index contributed by atoms with van der Waals surface area (Å²) in [6.45, 7) is 3.78. The van der Waals surface area contributed by atoms with Crippen LogP contribution in [-0.4, -0.2) is 48.4 Å². The average Bonchev–Trinajstić information content (AvgIpc) is 3.02. The topological polar surface area (TPSA) is 85.9 Å². The summed E-state index contributed by atoms with van der Waals surface area (Å²) in [4.78, 5) is 26.3. The van der Waals surface area contributed by atoms with Crippen molar-refractivity contribution in [2.45, 2.75) is 38.6 Å². The quantitative estimate of drug-likeness (QED) is 0.828. The lowest BCUT2D eigenvalue weighted by atomic mass is 9.97. The van der Waals surface area contributed by atoms with E-state index in [1.807, 2.05) is 18.5 Å². The van der Waals surface area contributed by atoms with Gasteiger partial charge in [-0.05, 0) is 25.3 Å². The molecule has 1 amide bonds. The monoisotopic (exact) mass is 330 g/mol. The fourth-order valence-electron chi connectivity index (χ4n) is 3.13. The number of piperidine rings is 1. The molecule has 1 aliphatic rings. The molecule has 1 fully saturated rings. The summed E-state index contributed by atoms with van der Waals surface area (Å²) < 4.78 is 3.26. The average molecular weight is 330 g/mol. The summed E-state index contributed by atoms with van der Waals surface area (Å²) in [7, 11) is 1.91. The molecule has 0 bridgehead atoms. The number of aryl methyl sites for hydroxylation is 2. The van der Waals surface area contributed by atoms with Crippen LogP contribution in [0.2, 0.25) is 0 Å². The first kappa shape index (κ1) is 16.4. The van der Waals surface area contributed by atoms with Crippen LogP contribution >= 0.6 is 0 Å². The smallest absolute Gasteiger partial charge is 0.274 e. The van der Waals surface area contributed by atoms with Gasteiger partial charge in [0.25, 0.3) is 11.5 Å². The zero-order valence-electron chi connectivity index (χ0n) is 14.1. The van der Waals surface area contributed by atoms with Crippen molar-refractivity contribution in [2.24, 2.45) is 7.05 Å². The molecular weight excluding hydrogens is 308 g/mol. The fraction of sp³-hybridized carbons (Fsp3) is 0.562. The molecule has 3 heterocycles. The molecule has 0 aromatic carbocycles. The molecule has 128 valence electrons. The van der Waals surface area contributed by atoms with Gasteiger partial charge in [0.15, 0.2) is 0 Å². The second-order valence-corrected chi connectivity index (χ2v) is 6.17. The summed E-state index contributed by atoms with van der Waals surface area (Å²) >= 11 is 0. The van der Waals surface area contributed by atoms with Gasteiger partial charge in [0.1, 0.15) is 17.8 Å². The van der Waals surface area contributed by atoms with Crippen LogP contribution in [0.1, 0.15) is 48.4 Å². The van der Waals surface area contributed by atoms with Crippen LogP contribution in [0.3, 0.4) is 0 Å². The number of amides is 1. The highest BCUT2D eigenvalue weighted by atomic mass is 16.2. The fourth-order valence-corrected chi connectivity index (χ4v) is 3.13. The second-order valence-electron chi connectivity index (χ2n) is 6.17. The van der Waals surface area contributed by atoms with Crippen LogP contribution in [0, 0.1) is 0 Å². The molecule has 2 aromatic rings. The number of carbonyl (C=O) groups excluding carboxylic acids is 1. The zero-order valence-corrected chi connectivity index (χ0v) is 14.1. The first-order valence-corrected chi connectivity index (χ1v) is 8.31. The molecule has 1 atom stereocenters. The molecule has 3 rings (SSSR count). The van der Waals surface area contributed by atoms with E-state index in [1.165, 1.54) is 16.8 Å². The maximum Gasteiger partial charge on any atom is 0.274 e. The third-order valence-electron chi connectivity index (χ3n) is 4.34. The Hall–Kier alpha value is -2.51. The Morgan fingerprint density at radius 3 is 2.92 bits per heavy atom. The molecule has 0 spiro atoms. The Labute approximate surface area is 140 Å². The van der Waals surface area contributed by atoms with Gasteiger partial charge in [-0.15, -0.1) is 10.2 Å². The van der Waals surface area contributed by atoms with Crippen molar-refractivity contribution >= 4 is 5.91 Å². The van der Waals surface area contributed by atoms with Gasteiger partial charge in [0.05, 0.1) is 0 Å². The third kappa shape index (κ3) is 3.22. The minimum absolute atomic E-state index is 0.133. The lowest BCUT2D eigenvalue weighted by Crippen LogP contribution is -2.40. The Balaban J connectivity index is 1.78. The van der Waals surface area contributed by atoms with Gasteiger partial charge in [-0.25, -0.2) is 4.68 Å². The Morgan fingerprint density at radius 2 is 2.21 bits per heavy atom. The van der Waals surface area contributed by atoms with E-state index in [2.05, 4.69) is 15.3 Å². The largest absolute Gasteiger partial charge is 0.337 e. The summed E-state index contributed by atoms with van der Waals surface area (Å²) in [6.07, 6.45) is 4.37. The van der Waals surface area contributed by atoms with Crippen molar-refractivity contribution in [1.82, 2.24) is 29.4 Å². The van der Waals surface area contributed by atoms with E-state index in [0.29, 0.717) is 25.3 Å². The third-order valence-corrected chi connectivity index (χ3v) is 4.34. The van der Waals surface area contributed by atoms with E-state index < -0.39 is 0 Å². The van der Waals surface area contributed by atoms with Gasteiger partial charge in [-0.1, -0.05) is 6.92 Å². The standard InChI is InChI=1S/C16H22N6O2/c1-3-8-22-14(23)7-6-13(19-22)16(24)21-9-4-5-12(10-21)15-18-17-11-20(15)2/h6-7,11-12H,3-5,8-10H2,1-2H3. The molecule has 0 N–H and O–H groups in total. The number of rotatable bonds is 4. The number of hydrogen-bond acceptors (Lipinski definition) is 5. The first-order chi connectivity index (χ1) is 11.6. The Kier molecular flexibility index (Phi) is 4.73. The van der Waals surface area contributed by atoms with E-state index in [4.69, 9.17) is 0 Å². The number of carbonyl (C=O) groups is 1. The van der Waals surface area contributed by atoms with E-state index in [1.54, 1.807) is 11.2 Å². The highest BCUT2D eigenvalue weighted by molar-refractivity contribution is 5.92. The van der Waals surface area contributed by atoms with Gasteiger partial charge in [0.2, 0.25) is 0 Å². The van der Waals surface area contributed by atoms with Gasteiger partial charge in [-0.3, -0.25) is 9.59 Å². The van der Waals surface area contributed by atoms with Crippen molar-refractivity contribution < 1.29 is 4.79 Å². The number of hydrogen-bond donors (Lipinski definition) is 0. The van der Waals surface area contributed by atoms with Gasteiger partial charge >= 0.3 is 0 Å². The molecule has 1 unspecified atom stereocenters. The van der Waals surface area contributed by atoms with Crippen LogP contribution in [0.25, 0.3) is 0 Å². The summed E-state index contributed by atoms with van der Waals surface area (Å²) in [5.74, 6) is 0.944. The van der Waals surface area contributed by atoms with Crippen molar-refractivity contribution in [3.8, 4) is 0 Å². The van der Waals surface area contributed by atoms with E-state index >= 15 is 0 Å². The molecule has 8 heteroatoms. The maximum atomic E-state index is 12.8. The molecule has 0 saturated carbocycles. The minimum atomic E-state index is -0.177.